The minimum Gasteiger partial charge on any atom is -0.349 e. The topological polar surface area (TPSA) is 70.7 Å². The van der Waals surface area contributed by atoms with Gasteiger partial charge in [0.15, 0.2) is 0 Å². The summed E-state index contributed by atoms with van der Waals surface area (Å²) in [5, 5.41) is 9.62. The van der Waals surface area contributed by atoms with Crippen molar-refractivity contribution >= 4 is 5.91 Å². The molecule has 1 aromatic rings. The van der Waals surface area contributed by atoms with Gasteiger partial charge in [0.1, 0.15) is 5.82 Å². The zero-order chi connectivity index (χ0) is 13.0. The molecule has 2 N–H and O–H groups in total. The quantitative estimate of drug-likeness (QED) is 0.857. The van der Waals surface area contributed by atoms with Crippen molar-refractivity contribution in [1.29, 1.82) is 0 Å². The van der Waals surface area contributed by atoms with Crippen molar-refractivity contribution in [3.8, 4) is 0 Å². The van der Waals surface area contributed by atoms with Crippen molar-refractivity contribution in [1.82, 2.24) is 20.5 Å². The normalized spacial score (nSPS) is 23.9. The van der Waals surface area contributed by atoms with E-state index < -0.39 is 0 Å². The maximum absolute atomic E-state index is 11.8. The number of hydrogen-bond donors (Lipinski definition) is 2. The van der Waals surface area contributed by atoms with Crippen molar-refractivity contribution in [2.45, 2.75) is 46.0 Å². The molecule has 18 heavy (non-hydrogen) atoms. The SMILES string of the molecule is CCc1nc(C(=O)NCC2CCCC(C)C2)n[nH]1. The van der Waals surface area contributed by atoms with E-state index in [0.29, 0.717) is 5.92 Å². The van der Waals surface area contributed by atoms with Crippen molar-refractivity contribution in [3.05, 3.63) is 11.6 Å². The maximum atomic E-state index is 11.8. The fourth-order valence-corrected chi connectivity index (χ4v) is 2.62. The molecule has 2 atom stereocenters. The number of hydrogen-bond acceptors (Lipinski definition) is 3. The fourth-order valence-electron chi connectivity index (χ4n) is 2.62. The van der Waals surface area contributed by atoms with Crippen molar-refractivity contribution in [3.63, 3.8) is 0 Å². The van der Waals surface area contributed by atoms with Gasteiger partial charge in [0.2, 0.25) is 5.82 Å². The number of H-pyrrole nitrogens is 1. The molecule has 0 saturated heterocycles. The van der Waals surface area contributed by atoms with Gasteiger partial charge in [-0.15, -0.1) is 5.10 Å². The summed E-state index contributed by atoms with van der Waals surface area (Å²) in [5.41, 5.74) is 0. The monoisotopic (exact) mass is 250 g/mol. The van der Waals surface area contributed by atoms with Crippen molar-refractivity contribution < 1.29 is 4.79 Å². The lowest BCUT2D eigenvalue weighted by molar-refractivity contribution is 0.0930. The third kappa shape index (κ3) is 3.31. The Morgan fingerprint density at radius 2 is 2.33 bits per heavy atom. The molecule has 2 rings (SSSR count). The average Bonchev–Trinajstić information content (AvgIpc) is 2.85. The molecule has 0 bridgehead atoms. The first-order chi connectivity index (χ1) is 8.69. The van der Waals surface area contributed by atoms with Crippen molar-refractivity contribution in [2.75, 3.05) is 6.54 Å². The van der Waals surface area contributed by atoms with Crippen molar-refractivity contribution in [2.24, 2.45) is 11.8 Å². The number of aromatic amines is 1. The first kappa shape index (κ1) is 13.1. The summed E-state index contributed by atoms with van der Waals surface area (Å²) in [6, 6.07) is 0. The van der Waals surface area contributed by atoms with E-state index >= 15 is 0 Å². The standard InChI is InChI=1S/C13H22N4O/c1-3-11-15-12(17-16-11)13(18)14-8-10-6-4-5-9(2)7-10/h9-10H,3-8H2,1-2H3,(H,14,18)(H,15,16,17). The molecular weight excluding hydrogens is 228 g/mol. The van der Waals surface area contributed by atoms with E-state index in [1.165, 1.54) is 25.7 Å². The summed E-state index contributed by atoms with van der Waals surface area (Å²) in [6.07, 6.45) is 5.81. The summed E-state index contributed by atoms with van der Waals surface area (Å²) < 4.78 is 0. The lowest BCUT2D eigenvalue weighted by Gasteiger charge is -2.26. The van der Waals surface area contributed by atoms with Crippen LogP contribution in [0.5, 0.6) is 0 Å². The Balaban J connectivity index is 1.80. The summed E-state index contributed by atoms with van der Waals surface area (Å²) in [4.78, 5) is 16.0. The van der Waals surface area contributed by atoms with Crippen LogP contribution in [0.2, 0.25) is 0 Å². The Hall–Kier alpha value is -1.39. The lowest BCUT2D eigenvalue weighted by Crippen LogP contribution is -2.32. The minimum atomic E-state index is -0.163. The van der Waals surface area contributed by atoms with Gasteiger partial charge in [-0.05, 0) is 24.7 Å². The van der Waals surface area contributed by atoms with E-state index in [9.17, 15) is 4.79 Å². The molecule has 5 nitrogen and oxygen atoms in total. The van der Waals surface area contributed by atoms with Crippen LogP contribution in [0.15, 0.2) is 0 Å². The summed E-state index contributed by atoms with van der Waals surface area (Å²) >= 11 is 0. The molecule has 0 spiro atoms. The number of carbonyl (C=O) groups excluding carboxylic acids is 1. The Kier molecular flexibility index (Phi) is 4.33. The summed E-state index contributed by atoms with van der Waals surface area (Å²) in [7, 11) is 0. The Morgan fingerprint density at radius 1 is 1.50 bits per heavy atom. The molecule has 0 radical (unpaired) electrons. The zero-order valence-electron chi connectivity index (χ0n) is 11.2. The Morgan fingerprint density at radius 3 is 3.00 bits per heavy atom. The first-order valence-electron chi connectivity index (χ1n) is 6.88. The van der Waals surface area contributed by atoms with Crippen LogP contribution in [-0.4, -0.2) is 27.6 Å². The van der Waals surface area contributed by atoms with Crippen LogP contribution < -0.4 is 5.32 Å². The second-order valence-electron chi connectivity index (χ2n) is 5.31. The molecule has 2 unspecified atom stereocenters. The van der Waals surface area contributed by atoms with Crippen LogP contribution >= 0.6 is 0 Å². The summed E-state index contributed by atoms with van der Waals surface area (Å²) in [5.74, 6) is 2.25. The van der Waals surface area contributed by atoms with Gasteiger partial charge in [-0.2, -0.15) is 0 Å². The second-order valence-corrected chi connectivity index (χ2v) is 5.31. The number of amides is 1. The highest BCUT2D eigenvalue weighted by molar-refractivity contribution is 5.90. The van der Waals surface area contributed by atoms with E-state index in [0.717, 1.165) is 24.7 Å². The third-order valence-corrected chi connectivity index (χ3v) is 3.67. The van der Waals surface area contributed by atoms with Gasteiger partial charge in [-0.1, -0.05) is 26.7 Å². The smallest absolute Gasteiger partial charge is 0.290 e. The number of rotatable bonds is 4. The summed E-state index contributed by atoms with van der Waals surface area (Å²) in [6.45, 7) is 5.02. The maximum Gasteiger partial charge on any atom is 0.290 e. The number of carbonyl (C=O) groups is 1. The highest BCUT2D eigenvalue weighted by atomic mass is 16.2. The van der Waals surface area contributed by atoms with E-state index in [1.54, 1.807) is 0 Å². The molecule has 1 fully saturated rings. The molecule has 1 aromatic heterocycles. The van der Waals surface area contributed by atoms with Crippen LogP contribution in [0.4, 0.5) is 0 Å². The predicted octanol–water partition coefficient (Wildman–Crippen LogP) is 1.92. The molecule has 0 aromatic carbocycles. The van der Waals surface area contributed by atoms with Gasteiger partial charge in [-0.25, -0.2) is 4.98 Å². The minimum absolute atomic E-state index is 0.163. The molecule has 1 aliphatic carbocycles. The van der Waals surface area contributed by atoms with E-state index in [-0.39, 0.29) is 11.7 Å². The number of nitrogens with one attached hydrogen (secondary N) is 2. The van der Waals surface area contributed by atoms with Crippen LogP contribution in [0.25, 0.3) is 0 Å². The molecule has 1 saturated carbocycles. The molecule has 0 aliphatic heterocycles. The van der Waals surface area contributed by atoms with Gasteiger partial charge in [-0.3, -0.25) is 9.89 Å². The predicted molar refractivity (Wildman–Crippen MR) is 69.2 cm³/mol. The van der Waals surface area contributed by atoms with Gasteiger partial charge >= 0.3 is 0 Å². The largest absolute Gasteiger partial charge is 0.349 e. The van der Waals surface area contributed by atoms with Gasteiger partial charge < -0.3 is 5.32 Å². The van der Waals surface area contributed by atoms with Gasteiger partial charge in [0, 0.05) is 13.0 Å². The highest BCUT2D eigenvalue weighted by Gasteiger charge is 2.20. The number of aromatic nitrogens is 3. The van der Waals surface area contributed by atoms with E-state index in [2.05, 4.69) is 27.4 Å². The zero-order valence-corrected chi connectivity index (χ0v) is 11.2. The van der Waals surface area contributed by atoms with Crippen LogP contribution in [0, 0.1) is 11.8 Å². The van der Waals surface area contributed by atoms with Crippen LogP contribution in [-0.2, 0) is 6.42 Å². The van der Waals surface area contributed by atoms with Gasteiger partial charge in [0.05, 0.1) is 0 Å². The molecule has 1 amide bonds. The van der Waals surface area contributed by atoms with E-state index in [1.807, 2.05) is 6.92 Å². The number of nitrogens with zero attached hydrogens (tertiary/aromatic N) is 2. The molecule has 1 heterocycles. The second kappa shape index (κ2) is 5.98. The highest BCUT2D eigenvalue weighted by Crippen LogP contribution is 2.27. The molecular formula is C13H22N4O. The Labute approximate surface area is 108 Å². The Bertz CT molecular complexity index is 401. The van der Waals surface area contributed by atoms with Crippen LogP contribution in [0.3, 0.4) is 0 Å². The lowest BCUT2D eigenvalue weighted by atomic mass is 9.82. The fraction of sp³-hybridized carbons (Fsp3) is 0.769. The van der Waals surface area contributed by atoms with E-state index in [4.69, 9.17) is 0 Å². The average molecular weight is 250 g/mol. The van der Waals surface area contributed by atoms with Gasteiger partial charge in [0.25, 0.3) is 5.91 Å². The molecule has 5 heteroatoms. The third-order valence-electron chi connectivity index (χ3n) is 3.67. The first-order valence-corrected chi connectivity index (χ1v) is 6.88. The van der Waals surface area contributed by atoms with Crippen LogP contribution in [0.1, 0.15) is 56.0 Å². The molecule has 1 aliphatic rings. The number of aryl methyl sites for hydroxylation is 1. The molecule has 100 valence electrons.